The van der Waals surface area contributed by atoms with Gasteiger partial charge in [-0.15, -0.1) is 8.61 Å². The zero-order chi connectivity index (χ0) is 14.5. The maximum absolute atomic E-state index is 11.3. The number of sulfonamides is 2. The summed E-state index contributed by atoms with van der Waals surface area (Å²) >= 11 is 0. The lowest BCUT2D eigenvalue weighted by atomic mass is 10.3. The molecule has 0 aromatic rings. The molecule has 0 amide bonds. The summed E-state index contributed by atoms with van der Waals surface area (Å²) in [4.78, 5) is 0. The quantitative estimate of drug-likeness (QED) is 0.400. The average molecular weight is 306 g/mol. The van der Waals surface area contributed by atoms with E-state index in [1.807, 2.05) is 0 Å². The number of aliphatic hydroxyl groups is 4. The molecule has 0 aromatic carbocycles. The third kappa shape index (κ3) is 2.65. The Morgan fingerprint density at radius 3 is 0.944 bits per heavy atom. The number of aliphatic hydroxyl groups excluding tert-OH is 4. The molecule has 0 bridgehead atoms. The zero-order valence-corrected chi connectivity index (χ0v) is 11.1. The van der Waals surface area contributed by atoms with Crippen molar-refractivity contribution in [1.82, 2.24) is 8.61 Å². The minimum absolute atomic E-state index is 0.0179. The van der Waals surface area contributed by atoms with Crippen LogP contribution in [0.15, 0.2) is 0 Å². The molecule has 1 aliphatic heterocycles. The standard InChI is InChI=1S/C6H14N2O8S2/c1-17(13,14)7-3(9)5(11)8(18(2,15)16)6(12)4(7)10/h3-6,9-12H,1-2H3. The summed E-state index contributed by atoms with van der Waals surface area (Å²) in [5, 5.41) is 38.1. The van der Waals surface area contributed by atoms with Gasteiger partial charge >= 0.3 is 0 Å². The van der Waals surface area contributed by atoms with Crippen LogP contribution in [0.4, 0.5) is 0 Å². The van der Waals surface area contributed by atoms with Crippen LogP contribution in [0.1, 0.15) is 0 Å². The van der Waals surface area contributed by atoms with E-state index in [0.717, 1.165) is 0 Å². The van der Waals surface area contributed by atoms with Crippen molar-refractivity contribution >= 4 is 20.0 Å². The van der Waals surface area contributed by atoms with Gasteiger partial charge in [0.1, 0.15) is 0 Å². The molecular weight excluding hydrogens is 292 g/mol. The normalized spacial score (nSPS) is 36.8. The van der Waals surface area contributed by atoms with E-state index in [4.69, 9.17) is 0 Å². The predicted molar refractivity (Wildman–Crippen MR) is 57.4 cm³/mol. The second kappa shape index (κ2) is 4.64. The van der Waals surface area contributed by atoms with Crippen LogP contribution in [-0.2, 0) is 20.0 Å². The Kier molecular flexibility index (Phi) is 4.06. The van der Waals surface area contributed by atoms with Crippen LogP contribution in [0.2, 0.25) is 0 Å². The third-order valence-electron chi connectivity index (χ3n) is 2.34. The van der Waals surface area contributed by atoms with Crippen molar-refractivity contribution in [2.24, 2.45) is 0 Å². The summed E-state index contributed by atoms with van der Waals surface area (Å²) in [5.74, 6) is 0. The molecule has 1 fully saturated rings. The molecule has 1 rings (SSSR count). The minimum atomic E-state index is -4.17. The molecule has 108 valence electrons. The molecular formula is C6H14N2O8S2. The highest BCUT2D eigenvalue weighted by molar-refractivity contribution is 7.88. The summed E-state index contributed by atoms with van der Waals surface area (Å²) in [7, 11) is -8.33. The van der Waals surface area contributed by atoms with Crippen LogP contribution in [0, 0.1) is 0 Å². The number of hydrogen-bond acceptors (Lipinski definition) is 8. The fourth-order valence-corrected chi connectivity index (χ4v) is 3.63. The Balaban J connectivity index is 3.28. The summed E-state index contributed by atoms with van der Waals surface area (Å²) in [5.41, 5.74) is 0. The van der Waals surface area contributed by atoms with Gasteiger partial charge in [-0.2, -0.15) is 0 Å². The number of rotatable bonds is 2. The lowest BCUT2D eigenvalue weighted by molar-refractivity contribution is -0.243. The highest BCUT2D eigenvalue weighted by atomic mass is 32.2. The van der Waals surface area contributed by atoms with E-state index in [1.54, 1.807) is 0 Å². The first kappa shape index (κ1) is 15.7. The first-order chi connectivity index (χ1) is 7.89. The third-order valence-corrected chi connectivity index (χ3v) is 4.74. The second-order valence-corrected chi connectivity index (χ2v) is 7.62. The zero-order valence-electron chi connectivity index (χ0n) is 9.44. The van der Waals surface area contributed by atoms with E-state index < -0.39 is 45.0 Å². The number of piperazine rings is 1. The van der Waals surface area contributed by atoms with Crippen molar-refractivity contribution in [3.63, 3.8) is 0 Å². The fraction of sp³-hybridized carbons (Fsp3) is 1.00. The number of hydrogen-bond donors (Lipinski definition) is 4. The molecule has 18 heavy (non-hydrogen) atoms. The van der Waals surface area contributed by atoms with E-state index in [-0.39, 0.29) is 8.61 Å². The average Bonchev–Trinajstić information content (AvgIpc) is 2.10. The van der Waals surface area contributed by atoms with Gasteiger partial charge in [0.25, 0.3) is 0 Å². The molecule has 1 heterocycles. The molecule has 10 nitrogen and oxygen atoms in total. The smallest absolute Gasteiger partial charge is 0.215 e. The maximum Gasteiger partial charge on any atom is 0.215 e. The first-order valence-electron chi connectivity index (χ1n) is 4.58. The van der Waals surface area contributed by atoms with Crippen LogP contribution in [0.25, 0.3) is 0 Å². The van der Waals surface area contributed by atoms with Crippen LogP contribution < -0.4 is 0 Å². The van der Waals surface area contributed by atoms with Gasteiger partial charge in [0, 0.05) is 0 Å². The monoisotopic (exact) mass is 306 g/mol. The van der Waals surface area contributed by atoms with Crippen LogP contribution >= 0.6 is 0 Å². The Hall–Kier alpha value is -0.340. The molecule has 4 atom stereocenters. The Morgan fingerprint density at radius 1 is 0.667 bits per heavy atom. The van der Waals surface area contributed by atoms with Gasteiger partial charge in [0.2, 0.25) is 20.0 Å². The van der Waals surface area contributed by atoms with Gasteiger partial charge in [-0.25, -0.2) is 16.8 Å². The van der Waals surface area contributed by atoms with Crippen LogP contribution in [0.5, 0.6) is 0 Å². The lowest BCUT2D eigenvalue weighted by Crippen LogP contribution is -2.70. The van der Waals surface area contributed by atoms with E-state index in [1.165, 1.54) is 0 Å². The Labute approximate surface area is 104 Å². The summed E-state index contributed by atoms with van der Waals surface area (Å²) in [6.45, 7) is 0. The van der Waals surface area contributed by atoms with Gasteiger partial charge in [0.05, 0.1) is 12.5 Å². The van der Waals surface area contributed by atoms with E-state index in [2.05, 4.69) is 0 Å². The second-order valence-electron chi connectivity index (χ2n) is 3.84. The van der Waals surface area contributed by atoms with Crippen molar-refractivity contribution in [2.75, 3.05) is 12.5 Å². The number of nitrogens with zero attached hydrogens (tertiary/aromatic N) is 2. The van der Waals surface area contributed by atoms with Crippen molar-refractivity contribution in [3.8, 4) is 0 Å². The van der Waals surface area contributed by atoms with Crippen LogP contribution in [-0.4, -0.2) is 83.3 Å². The van der Waals surface area contributed by atoms with E-state index >= 15 is 0 Å². The molecule has 0 saturated carbocycles. The topological polar surface area (TPSA) is 156 Å². The van der Waals surface area contributed by atoms with Crippen molar-refractivity contribution in [3.05, 3.63) is 0 Å². The largest absolute Gasteiger partial charge is 0.373 e. The molecule has 1 aliphatic rings. The van der Waals surface area contributed by atoms with Gasteiger partial charge < -0.3 is 20.4 Å². The summed E-state index contributed by atoms with van der Waals surface area (Å²) < 4.78 is 45.1. The fourth-order valence-electron chi connectivity index (χ4n) is 1.62. The molecule has 0 aromatic heterocycles. The predicted octanol–water partition coefficient (Wildman–Crippen LogP) is -4.20. The van der Waals surface area contributed by atoms with Crippen LogP contribution in [0.3, 0.4) is 0 Å². The minimum Gasteiger partial charge on any atom is -0.373 e. The van der Waals surface area contributed by atoms with Gasteiger partial charge in [0.15, 0.2) is 24.9 Å². The molecule has 4 unspecified atom stereocenters. The highest BCUT2D eigenvalue weighted by Crippen LogP contribution is 2.26. The van der Waals surface area contributed by atoms with Gasteiger partial charge in [-0.3, -0.25) is 0 Å². The Morgan fingerprint density at radius 2 is 0.833 bits per heavy atom. The van der Waals surface area contributed by atoms with Crippen molar-refractivity contribution in [2.45, 2.75) is 24.9 Å². The van der Waals surface area contributed by atoms with E-state index in [9.17, 15) is 37.3 Å². The van der Waals surface area contributed by atoms with Gasteiger partial charge in [-0.1, -0.05) is 0 Å². The molecule has 4 N–H and O–H groups in total. The Bertz CT molecular complexity index is 452. The first-order valence-corrected chi connectivity index (χ1v) is 8.28. The maximum atomic E-state index is 11.3. The van der Waals surface area contributed by atoms with Crippen molar-refractivity contribution in [1.29, 1.82) is 0 Å². The molecule has 12 heteroatoms. The molecule has 0 radical (unpaired) electrons. The SMILES string of the molecule is CS(=O)(=O)N1C(O)C(O)N(S(C)(=O)=O)C(O)C1O. The van der Waals surface area contributed by atoms with Gasteiger partial charge in [-0.05, 0) is 0 Å². The molecule has 1 saturated heterocycles. The molecule has 0 aliphatic carbocycles. The lowest BCUT2D eigenvalue weighted by Gasteiger charge is -2.45. The molecule has 0 spiro atoms. The summed E-state index contributed by atoms with van der Waals surface area (Å²) in [6, 6.07) is 0. The van der Waals surface area contributed by atoms with E-state index in [0.29, 0.717) is 12.5 Å². The highest BCUT2D eigenvalue weighted by Gasteiger charge is 2.52. The summed E-state index contributed by atoms with van der Waals surface area (Å²) in [6.07, 6.45) is -7.67. The van der Waals surface area contributed by atoms with Crippen molar-refractivity contribution < 1.29 is 37.3 Å².